The number of nitrogens with one attached hydrogen (secondary N) is 1. The van der Waals surface area contributed by atoms with Gasteiger partial charge in [0.25, 0.3) is 0 Å². The van der Waals surface area contributed by atoms with Crippen molar-refractivity contribution in [2.75, 3.05) is 19.7 Å². The zero-order valence-electron chi connectivity index (χ0n) is 13.1. The first-order chi connectivity index (χ1) is 11.3. The van der Waals surface area contributed by atoms with Gasteiger partial charge in [-0.15, -0.1) is 0 Å². The smallest absolute Gasteiger partial charge is 0.123 e. The molecule has 1 fully saturated rings. The van der Waals surface area contributed by atoms with Crippen LogP contribution in [0.25, 0.3) is 0 Å². The fraction of sp³-hybridized carbons (Fsp3) is 0.368. The molecule has 23 heavy (non-hydrogen) atoms. The molecule has 1 heterocycles. The van der Waals surface area contributed by atoms with Gasteiger partial charge in [0.05, 0.1) is 6.61 Å². The number of hydrogen-bond donors (Lipinski definition) is 1. The molecule has 2 aromatic carbocycles. The van der Waals surface area contributed by atoms with Crippen LogP contribution in [0.2, 0.25) is 0 Å². The summed E-state index contributed by atoms with van der Waals surface area (Å²) in [5.74, 6) is 1.95. The van der Waals surface area contributed by atoms with Crippen molar-refractivity contribution < 1.29 is 13.9 Å². The van der Waals surface area contributed by atoms with Gasteiger partial charge >= 0.3 is 0 Å². The lowest BCUT2D eigenvalue weighted by atomic mass is 10.0. The third-order valence-electron chi connectivity index (χ3n) is 4.00. The molecular weight excluding hydrogens is 293 g/mol. The molecule has 3 rings (SSSR count). The molecule has 0 amide bonds. The van der Waals surface area contributed by atoms with E-state index in [2.05, 4.69) is 5.32 Å². The maximum Gasteiger partial charge on any atom is 0.123 e. The molecule has 122 valence electrons. The van der Waals surface area contributed by atoms with E-state index in [9.17, 15) is 4.39 Å². The van der Waals surface area contributed by atoms with Gasteiger partial charge in [-0.05, 0) is 61.3 Å². The van der Waals surface area contributed by atoms with Crippen LogP contribution in [-0.4, -0.2) is 19.7 Å². The Labute approximate surface area is 136 Å². The van der Waals surface area contributed by atoms with Crippen LogP contribution in [0.3, 0.4) is 0 Å². The SMILES string of the molecule is Fc1cccc(COc2ccc(OCC3CCCNC3)cc2)c1. The maximum absolute atomic E-state index is 13.1. The van der Waals surface area contributed by atoms with Gasteiger partial charge in [0.15, 0.2) is 0 Å². The minimum absolute atomic E-state index is 0.243. The van der Waals surface area contributed by atoms with Crippen LogP contribution in [0, 0.1) is 11.7 Å². The Balaban J connectivity index is 1.46. The zero-order valence-corrected chi connectivity index (χ0v) is 13.1. The second-order valence-electron chi connectivity index (χ2n) is 5.91. The highest BCUT2D eigenvalue weighted by atomic mass is 19.1. The minimum atomic E-state index is -0.243. The number of hydrogen-bond acceptors (Lipinski definition) is 3. The highest BCUT2D eigenvalue weighted by Crippen LogP contribution is 2.20. The van der Waals surface area contributed by atoms with Gasteiger partial charge in [0, 0.05) is 12.5 Å². The Morgan fingerprint density at radius 3 is 2.52 bits per heavy atom. The molecule has 0 bridgehead atoms. The van der Waals surface area contributed by atoms with Crippen molar-refractivity contribution in [1.29, 1.82) is 0 Å². The third kappa shape index (κ3) is 4.96. The first kappa shape index (κ1) is 15.8. The molecule has 3 nitrogen and oxygen atoms in total. The standard InChI is InChI=1S/C19H22FNO2/c20-17-5-1-3-15(11-17)13-22-18-6-8-19(9-7-18)23-14-16-4-2-10-21-12-16/h1,3,5-9,11,16,21H,2,4,10,12-14H2. The molecule has 4 heteroatoms. The predicted molar refractivity (Wildman–Crippen MR) is 88.3 cm³/mol. The molecule has 0 aliphatic carbocycles. The Hall–Kier alpha value is -2.07. The van der Waals surface area contributed by atoms with E-state index in [1.165, 1.54) is 25.0 Å². The number of rotatable bonds is 6. The Morgan fingerprint density at radius 2 is 1.83 bits per heavy atom. The zero-order chi connectivity index (χ0) is 15.9. The summed E-state index contributed by atoms with van der Waals surface area (Å²) in [5, 5.41) is 3.39. The van der Waals surface area contributed by atoms with E-state index in [0.29, 0.717) is 12.5 Å². The molecule has 1 saturated heterocycles. The highest BCUT2D eigenvalue weighted by molar-refractivity contribution is 5.31. The molecule has 1 aliphatic rings. The van der Waals surface area contributed by atoms with Gasteiger partial charge in [-0.1, -0.05) is 12.1 Å². The van der Waals surface area contributed by atoms with Crippen LogP contribution < -0.4 is 14.8 Å². The van der Waals surface area contributed by atoms with Crippen LogP contribution >= 0.6 is 0 Å². The number of benzene rings is 2. The molecule has 1 N–H and O–H groups in total. The van der Waals surface area contributed by atoms with Gasteiger partial charge in [-0.3, -0.25) is 0 Å². The summed E-state index contributed by atoms with van der Waals surface area (Å²) in [6, 6.07) is 14.0. The second kappa shape index (κ2) is 7.97. The normalized spacial score (nSPS) is 17.7. The molecule has 0 radical (unpaired) electrons. The average molecular weight is 315 g/mol. The van der Waals surface area contributed by atoms with Crippen molar-refractivity contribution in [2.45, 2.75) is 19.4 Å². The molecule has 0 saturated carbocycles. The first-order valence-corrected chi connectivity index (χ1v) is 8.10. The van der Waals surface area contributed by atoms with Gasteiger partial charge in [-0.25, -0.2) is 4.39 Å². The lowest BCUT2D eigenvalue weighted by Crippen LogP contribution is -2.33. The van der Waals surface area contributed by atoms with E-state index >= 15 is 0 Å². The molecule has 1 aliphatic heterocycles. The van der Waals surface area contributed by atoms with E-state index < -0.39 is 0 Å². The molecule has 0 spiro atoms. The van der Waals surface area contributed by atoms with Crippen LogP contribution in [0.5, 0.6) is 11.5 Å². The van der Waals surface area contributed by atoms with Crippen LogP contribution in [0.4, 0.5) is 4.39 Å². The topological polar surface area (TPSA) is 30.5 Å². The third-order valence-corrected chi connectivity index (χ3v) is 4.00. The van der Waals surface area contributed by atoms with E-state index in [-0.39, 0.29) is 5.82 Å². The lowest BCUT2D eigenvalue weighted by molar-refractivity contribution is 0.218. The average Bonchev–Trinajstić information content (AvgIpc) is 2.60. The minimum Gasteiger partial charge on any atom is -0.493 e. The number of halogens is 1. The van der Waals surface area contributed by atoms with Crippen LogP contribution in [0.15, 0.2) is 48.5 Å². The monoisotopic (exact) mass is 315 g/mol. The fourth-order valence-electron chi connectivity index (χ4n) is 2.71. The van der Waals surface area contributed by atoms with Crippen molar-refractivity contribution in [3.8, 4) is 11.5 Å². The first-order valence-electron chi connectivity index (χ1n) is 8.10. The predicted octanol–water partition coefficient (Wildman–Crippen LogP) is 3.78. The molecule has 1 unspecified atom stereocenters. The Kier molecular flexibility index (Phi) is 5.48. The van der Waals surface area contributed by atoms with Crippen molar-refractivity contribution in [2.24, 2.45) is 5.92 Å². The molecule has 2 aromatic rings. The second-order valence-corrected chi connectivity index (χ2v) is 5.91. The number of ether oxygens (including phenoxy) is 2. The summed E-state index contributed by atoms with van der Waals surface area (Å²) >= 11 is 0. The maximum atomic E-state index is 13.1. The summed E-state index contributed by atoms with van der Waals surface area (Å²) in [6.45, 7) is 3.25. The van der Waals surface area contributed by atoms with Crippen LogP contribution in [-0.2, 0) is 6.61 Å². The summed E-state index contributed by atoms with van der Waals surface area (Å²) in [6.07, 6.45) is 2.45. The van der Waals surface area contributed by atoms with E-state index in [0.717, 1.165) is 36.8 Å². The summed E-state index contributed by atoms with van der Waals surface area (Å²) < 4.78 is 24.6. The van der Waals surface area contributed by atoms with Gasteiger partial charge in [-0.2, -0.15) is 0 Å². The van der Waals surface area contributed by atoms with E-state index in [1.54, 1.807) is 6.07 Å². The fourth-order valence-corrected chi connectivity index (χ4v) is 2.71. The lowest BCUT2D eigenvalue weighted by Gasteiger charge is -2.22. The summed E-state index contributed by atoms with van der Waals surface area (Å²) in [5.41, 5.74) is 0.815. The van der Waals surface area contributed by atoms with E-state index in [4.69, 9.17) is 9.47 Å². The van der Waals surface area contributed by atoms with E-state index in [1.807, 2.05) is 30.3 Å². The van der Waals surface area contributed by atoms with Crippen molar-refractivity contribution >= 4 is 0 Å². The van der Waals surface area contributed by atoms with Crippen molar-refractivity contribution in [3.63, 3.8) is 0 Å². The van der Waals surface area contributed by atoms with Crippen molar-refractivity contribution in [1.82, 2.24) is 5.32 Å². The van der Waals surface area contributed by atoms with Gasteiger partial charge in [0.1, 0.15) is 23.9 Å². The largest absolute Gasteiger partial charge is 0.493 e. The summed E-state index contributed by atoms with van der Waals surface area (Å²) in [7, 11) is 0. The highest BCUT2D eigenvalue weighted by Gasteiger charge is 2.13. The molecule has 1 atom stereocenters. The van der Waals surface area contributed by atoms with Gasteiger partial charge < -0.3 is 14.8 Å². The Morgan fingerprint density at radius 1 is 1.04 bits per heavy atom. The molecular formula is C19H22FNO2. The number of piperidine rings is 1. The van der Waals surface area contributed by atoms with Crippen molar-refractivity contribution in [3.05, 3.63) is 59.9 Å². The van der Waals surface area contributed by atoms with Crippen LogP contribution in [0.1, 0.15) is 18.4 Å². The quantitative estimate of drug-likeness (QED) is 0.880. The Bertz CT molecular complexity index is 609. The van der Waals surface area contributed by atoms with Gasteiger partial charge in [0.2, 0.25) is 0 Å². The molecule has 0 aromatic heterocycles. The summed E-state index contributed by atoms with van der Waals surface area (Å²) in [4.78, 5) is 0.